The number of hydrogen-bond donors (Lipinski definition) is 1. The molecule has 0 saturated carbocycles. The van der Waals surface area contributed by atoms with Crippen LogP contribution in [0.1, 0.15) is 5.56 Å². The van der Waals surface area contributed by atoms with E-state index in [1.165, 1.54) is 11.8 Å². The molecule has 0 aliphatic rings. The topological polar surface area (TPSA) is 54.4 Å². The minimum absolute atomic E-state index is 0.142. The summed E-state index contributed by atoms with van der Waals surface area (Å²) in [6.45, 7) is 0. The van der Waals surface area contributed by atoms with E-state index in [9.17, 15) is 4.79 Å². The van der Waals surface area contributed by atoms with E-state index < -0.39 is 0 Å². The van der Waals surface area contributed by atoms with Crippen molar-refractivity contribution >= 4 is 68.0 Å². The van der Waals surface area contributed by atoms with Gasteiger partial charge < -0.3 is 0 Å². The van der Waals surface area contributed by atoms with Crippen molar-refractivity contribution in [2.75, 3.05) is 5.75 Å². The lowest BCUT2D eigenvalue weighted by Crippen LogP contribution is -2.19. The second-order valence-corrected chi connectivity index (χ2v) is 7.97. The highest BCUT2D eigenvalue weighted by Crippen LogP contribution is 2.28. The van der Waals surface area contributed by atoms with Crippen LogP contribution in [0.25, 0.3) is 10.2 Å². The van der Waals surface area contributed by atoms with Crippen molar-refractivity contribution in [3.63, 3.8) is 0 Å². The number of carbonyl (C=O) groups excluding carboxylic acids is 1. The Labute approximate surface area is 155 Å². The zero-order valence-electron chi connectivity index (χ0n) is 11.9. The maximum absolute atomic E-state index is 11.8. The average Bonchev–Trinajstić information content (AvgIpc) is 2.98. The average molecular weight is 453 g/mol. The third-order valence-corrected chi connectivity index (χ3v) is 6.06. The number of hydrogen-bond acceptors (Lipinski definition) is 5. The molecular formula is C16H12IN3OS2. The van der Waals surface area contributed by atoms with E-state index in [0.29, 0.717) is 5.75 Å². The predicted octanol–water partition coefficient (Wildman–Crippen LogP) is 4.14. The normalized spacial score (nSPS) is 11.2. The van der Waals surface area contributed by atoms with Gasteiger partial charge in [0.05, 0.1) is 22.2 Å². The van der Waals surface area contributed by atoms with Crippen molar-refractivity contribution in [3.8, 4) is 0 Å². The Morgan fingerprint density at radius 3 is 2.87 bits per heavy atom. The van der Waals surface area contributed by atoms with E-state index in [1.54, 1.807) is 17.6 Å². The van der Waals surface area contributed by atoms with Crippen molar-refractivity contribution in [3.05, 3.63) is 57.7 Å². The molecule has 1 aromatic heterocycles. The lowest BCUT2D eigenvalue weighted by atomic mass is 10.2. The van der Waals surface area contributed by atoms with E-state index in [1.807, 2.05) is 48.5 Å². The molecule has 3 rings (SSSR count). The molecule has 4 nitrogen and oxygen atoms in total. The summed E-state index contributed by atoms with van der Waals surface area (Å²) < 4.78 is 3.11. The molecule has 0 radical (unpaired) electrons. The maximum Gasteiger partial charge on any atom is 0.250 e. The summed E-state index contributed by atoms with van der Waals surface area (Å²) in [6, 6.07) is 15.8. The molecule has 0 fully saturated rings. The van der Waals surface area contributed by atoms with Gasteiger partial charge >= 0.3 is 0 Å². The largest absolute Gasteiger partial charge is 0.272 e. The lowest BCUT2D eigenvalue weighted by Gasteiger charge is -1.99. The molecule has 0 atom stereocenters. The van der Waals surface area contributed by atoms with Gasteiger partial charge in [-0.2, -0.15) is 5.10 Å². The first-order valence-electron chi connectivity index (χ1n) is 6.77. The van der Waals surface area contributed by atoms with Crippen LogP contribution in [0.15, 0.2) is 58.0 Å². The van der Waals surface area contributed by atoms with Crippen LogP contribution >= 0.6 is 45.7 Å². The van der Waals surface area contributed by atoms with Gasteiger partial charge in [0.1, 0.15) is 0 Å². The quantitative estimate of drug-likeness (QED) is 0.274. The smallest absolute Gasteiger partial charge is 0.250 e. The van der Waals surface area contributed by atoms with E-state index in [2.05, 4.69) is 38.1 Å². The van der Waals surface area contributed by atoms with E-state index in [-0.39, 0.29) is 5.91 Å². The van der Waals surface area contributed by atoms with Crippen molar-refractivity contribution in [1.29, 1.82) is 0 Å². The summed E-state index contributed by atoms with van der Waals surface area (Å²) in [7, 11) is 0. The monoisotopic (exact) mass is 453 g/mol. The first-order chi connectivity index (χ1) is 11.2. The number of rotatable bonds is 5. The highest BCUT2D eigenvalue weighted by atomic mass is 127. The van der Waals surface area contributed by atoms with Crippen LogP contribution in [0.2, 0.25) is 0 Å². The van der Waals surface area contributed by atoms with E-state index >= 15 is 0 Å². The van der Waals surface area contributed by atoms with Gasteiger partial charge in [0.15, 0.2) is 4.34 Å². The number of thiazole rings is 1. The Bertz CT molecular complexity index is 830. The lowest BCUT2D eigenvalue weighted by molar-refractivity contribution is -0.118. The van der Waals surface area contributed by atoms with Crippen LogP contribution in [0.4, 0.5) is 0 Å². The molecule has 7 heteroatoms. The maximum atomic E-state index is 11.8. The van der Waals surface area contributed by atoms with Crippen molar-refractivity contribution in [2.45, 2.75) is 4.34 Å². The van der Waals surface area contributed by atoms with Crippen LogP contribution in [0.5, 0.6) is 0 Å². The summed E-state index contributed by atoms with van der Waals surface area (Å²) in [5.74, 6) is 0.153. The fourth-order valence-corrected chi connectivity index (χ4v) is 4.21. The molecule has 0 bridgehead atoms. The summed E-state index contributed by atoms with van der Waals surface area (Å²) in [6.07, 6.45) is 1.65. The molecule has 1 N–H and O–H groups in total. The van der Waals surface area contributed by atoms with Crippen LogP contribution in [-0.2, 0) is 4.79 Å². The fraction of sp³-hybridized carbons (Fsp3) is 0.0625. The number of amides is 1. The fourth-order valence-electron chi connectivity index (χ4n) is 1.83. The van der Waals surface area contributed by atoms with Gasteiger partial charge in [-0.1, -0.05) is 42.1 Å². The van der Waals surface area contributed by atoms with Gasteiger partial charge in [-0.15, -0.1) is 11.3 Å². The highest BCUT2D eigenvalue weighted by molar-refractivity contribution is 14.1. The van der Waals surface area contributed by atoms with Crippen molar-refractivity contribution in [2.24, 2.45) is 5.10 Å². The SMILES string of the molecule is O=C(CSc1nc2ccccc2s1)NN=Cc1ccccc1I. The Hall–Kier alpha value is -1.45. The highest BCUT2D eigenvalue weighted by Gasteiger charge is 2.06. The minimum atomic E-state index is -0.142. The standard InChI is InChI=1S/C16H12IN3OS2/c17-12-6-2-1-5-11(12)9-18-20-15(21)10-22-16-19-13-7-3-4-8-14(13)23-16/h1-9H,10H2,(H,20,21). The molecule has 0 spiro atoms. The van der Waals surface area contributed by atoms with Gasteiger partial charge in [0.2, 0.25) is 0 Å². The number of benzene rings is 2. The minimum Gasteiger partial charge on any atom is -0.272 e. The zero-order valence-corrected chi connectivity index (χ0v) is 15.7. The number of halogens is 1. The molecule has 2 aromatic carbocycles. The third kappa shape index (κ3) is 4.52. The molecule has 23 heavy (non-hydrogen) atoms. The van der Waals surface area contributed by atoms with Crippen molar-refractivity contribution in [1.82, 2.24) is 10.4 Å². The molecule has 1 heterocycles. The first-order valence-corrected chi connectivity index (χ1v) is 9.65. The molecule has 116 valence electrons. The summed E-state index contributed by atoms with van der Waals surface area (Å²) in [5.41, 5.74) is 4.49. The molecule has 3 aromatic rings. The zero-order chi connectivity index (χ0) is 16.1. The van der Waals surface area contributed by atoms with Crippen LogP contribution in [0.3, 0.4) is 0 Å². The van der Waals surface area contributed by atoms with Crippen LogP contribution in [0, 0.1) is 3.57 Å². The molecule has 0 aliphatic carbocycles. The van der Waals surface area contributed by atoms with Gasteiger partial charge in [-0.05, 0) is 40.8 Å². The van der Waals surface area contributed by atoms with Crippen LogP contribution < -0.4 is 5.43 Å². The first kappa shape index (κ1) is 16.4. The molecule has 0 saturated heterocycles. The number of aromatic nitrogens is 1. The Morgan fingerprint density at radius 2 is 2.04 bits per heavy atom. The van der Waals surface area contributed by atoms with Crippen molar-refractivity contribution < 1.29 is 4.79 Å². The number of nitrogens with one attached hydrogen (secondary N) is 1. The predicted molar refractivity (Wildman–Crippen MR) is 105 cm³/mol. The Morgan fingerprint density at radius 1 is 1.26 bits per heavy atom. The van der Waals surface area contributed by atoms with Crippen LogP contribution in [-0.4, -0.2) is 22.9 Å². The molecule has 0 aliphatic heterocycles. The molecule has 0 unspecified atom stereocenters. The summed E-state index contributed by atoms with van der Waals surface area (Å²) in [5, 5.41) is 4.00. The second-order valence-electron chi connectivity index (χ2n) is 4.55. The Balaban J connectivity index is 1.52. The number of hydrazone groups is 1. The van der Waals surface area contributed by atoms with Gasteiger partial charge in [0, 0.05) is 9.13 Å². The second kappa shape index (κ2) is 7.89. The Kier molecular flexibility index (Phi) is 5.63. The van der Waals surface area contributed by atoms with E-state index in [4.69, 9.17) is 0 Å². The van der Waals surface area contributed by atoms with Gasteiger partial charge in [-0.3, -0.25) is 4.79 Å². The number of carbonyl (C=O) groups is 1. The third-order valence-electron chi connectivity index (χ3n) is 2.90. The van der Waals surface area contributed by atoms with E-state index in [0.717, 1.165) is 23.7 Å². The number of para-hydroxylation sites is 1. The molecule has 1 amide bonds. The van der Waals surface area contributed by atoms with Gasteiger partial charge in [0.25, 0.3) is 5.91 Å². The number of nitrogens with zero attached hydrogens (tertiary/aromatic N) is 2. The summed E-state index contributed by atoms with van der Waals surface area (Å²) in [4.78, 5) is 16.3. The number of thioether (sulfide) groups is 1. The van der Waals surface area contributed by atoms with Gasteiger partial charge in [-0.25, -0.2) is 10.4 Å². The molecular weight excluding hydrogens is 441 g/mol. The number of fused-ring (bicyclic) bond motifs is 1. The summed E-state index contributed by atoms with van der Waals surface area (Å²) >= 11 is 5.25.